The van der Waals surface area contributed by atoms with Crippen LogP contribution in [0.2, 0.25) is 0 Å². The van der Waals surface area contributed by atoms with Gasteiger partial charge in [0.1, 0.15) is 24.8 Å². The van der Waals surface area contributed by atoms with Crippen LogP contribution in [0.1, 0.15) is 23.6 Å². The summed E-state index contributed by atoms with van der Waals surface area (Å²) in [6.07, 6.45) is 2.45. The molecule has 0 radical (unpaired) electrons. The number of para-hydroxylation sites is 1. The van der Waals surface area contributed by atoms with E-state index in [2.05, 4.69) is 9.39 Å². The lowest BCUT2D eigenvalue weighted by Gasteiger charge is -2.23. The number of carbonyl (C=O) groups is 1. The van der Waals surface area contributed by atoms with Crippen LogP contribution in [0.15, 0.2) is 51.4 Å². The molecule has 2 aliphatic heterocycles. The van der Waals surface area contributed by atoms with E-state index in [9.17, 15) is 13.2 Å². The summed E-state index contributed by atoms with van der Waals surface area (Å²) in [4.78, 5) is 17.6. The first-order valence-corrected chi connectivity index (χ1v) is 14.0. The number of hydrogen-bond donors (Lipinski definition) is 1. The lowest BCUT2D eigenvalue weighted by atomic mass is 10.1. The molecule has 0 fully saturated rings. The van der Waals surface area contributed by atoms with Crippen molar-refractivity contribution in [1.29, 1.82) is 5.41 Å². The van der Waals surface area contributed by atoms with Crippen LogP contribution in [0.25, 0.3) is 6.08 Å². The monoisotopic (exact) mass is 542 g/mol. The van der Waals surface area contributed by atoms with Crippen molar-refractivity contribution in [2.75, 3.05) is 26.1 Å². The maximum absolute atomic E-state index is 12.6. The number of carbonyl (C=O) groups excluding carboxylic acids is 1. The molecular formula is C25H26N4O6S2. The van der Waals surface area contributed by atoms with Crippen LogP contribution in [0.5, 0.6) is 17.2 Å². The number of benzene rings is 2. The Labute approximate surface area is 219 Å². The zero-order valence-corrected chi connectivity index (χ0v) is 22.4. The Morgan fingerprint density at radius 3 is 2.43 bits per heavy atom. The second-order valence-electron chi connectivity index (χ2n) is 8.24. The lowest BCUT2D eigenvalue weighted by Crippen LogP contribution is -2.45. The molecule has 194 valence electrons. The molecule has 37 heavy (non-hydrogen) atoms. The number of nitrogens with one attached hydrogen (secondary N) is 1. The summed E-state index contributed by atoms with van der Waals surface area (Å²) in [5.41, 5.74) is 2.59. The Morgan fingerprint density at radius 1 is 1.05 bits per heavy atom. The summed E-state index contributed by atoms with van der Waals surface area (Å²) in [6, 6.07) is 11.1. The van der Waals surface area contributed by atoms with Crippen LogP contribution in [0.4, 0.5) is 0 Å². The van der Waals surface area contributed by atoms with Crippen molar-refractivity contribution in [3.63, 3.8) is 0 Å². The van der Waals surface area contributed by atoms with Crippen molar-refractivity contribution in [3.05, 3.63) is 58.7 Å². The van der Waals surface area contributed by atoms with Gasteiger partial charge < -0.3 is 14.2 Å². The molecule has 2 heterocycles. The molecule has 0 aromatic heterocycles. The normalized spacial score (nSPS) is 16.4. The molecule has 0 spiro atoms. The topological polar surface area (TPSA) is 131 Å². The van der Waals surface area contributed by atoms with Gasteiger partial charge in [0.15, 0.2) is 11.5 Å². The van der Waals surface area contributed by atoms with E-state index in [0.717, 1.165) is 40.0 Å². The highest BCUT2D eigenvalue weighted by Gasteiger charge is 2.41. The zero-order chi connectivity index (χ0) is 26.7. The summed E-state index contributed by atoms with van der Waals surface area (Å²) < 4.78 is 45.5. The summed E-state index contributed by atoms with van der Waals surface area (Å²) in [6.45, 7) is 6.83. The van der Waals surface area contributed by atoms with Crippen LogP contribution in [-0.4, -0.2) is 61.5 Å². The summed E-state index contributed by atoms with van der Waals surface area (Å²) in [5.74, 6) is 0.825. The van der Waals surface area contributed by atoms with Crippen LogP contribution >= 0.6 is 11.9 Å². The number of ether oxygens (including phenoxy) is 3. The predicted molar refractivity (Wildman–Crippen MR) is 144 cm³/mol. The number of fused-ring (bicyclic) bond motifs is 1. The van der Waals surface area contributed by atoms with Crippen LogP contribution in [0, 0.1) is 19.3 Å². The van der Waals surface area contributed by atoms with Crippen molar-refractivity contribution in [1.82, 2.24) is 4.90 Å². The third-order valence-corrected chi connectivity index (χ3v) is 7.15. The van der Waals surface area contributed by atoms with E-state index < -0.39 is 15.7 Å². The Morgan fingerprint density at radius 2 is 1.76 bits per heavy atom. The van der Waals surface area contributed by atoms with Crippen LogP contribution in [0.3, 0.4) is 0 Å². The number of aliphatic imine (C=N–C) groups is 1. The Balaban J connectivity index is 1.51. The van der Waals surface area contributed by atoms with Crippen LogP contribution < -0.4 is 14.2 Å². The number of rotatable bonds is 8. The molecule has 4 rings (SSSR count). The van der Waals surface area contributed by atoms with E-state index in [0.29, 0.717) is 30.3 Å². The lowest BCUT2D eigenvalue weighted by molar-refractivity contribution is -0.114. The smallest absolute Gasteiger partial charge is 0.283 e. The van der Waals surface area contributed by atoms with E-state index in [1.165, 1.54) is 6.08 Å². The quantitative estimate of drug-likeness (QED) is 0.303. The second-order valence-corrected chi connectivity index (χ2v) is 10.9. The Kier molecular flexibility index (Phi) is 7.69. The molecule has 12 heteroatoms. The van der Waals surface area contributed by atoms with Crippen molar-refractivity contribution in [2.24, 2.45) is 9.39 Å². The Bertz CT molecular complexity index is 1440. The first-order valence-electron chi connectivity index (χ1n) is 11.4. The molecule has 2 aliphatic rings. The number of amidine groups is 3. The van der Waals surface area contributed by atoms with Gasteiger partial charge in [0.2, 0.25) is 20.2 Å². The third kappa shape index (κ3) is 5.70. The van der Waals surface area contributed by atoms with E-state index in [4.69, 9.17) is 19.6 Å². The predicted octanol–water partition coefficient (Wildman–Crippen LogP) is 3.78. The highest BCUT2D eigenvalue weighted by atomic mass is 32.2. The van der Waals surface area contributed by atoms with Crippen molar-refractivity contribution >= 4 is 49.9 Å². The van der Waals surface area contributed by atoms with Gasteiger partial charge >= 0.3 is 0 Å². The van der Waals surface area contributed by atoms with E-state index in [1.54, 1.807) is 18.2 Å². The van der Waals surface area contributed by atoms with Gasteiger partial charge in [0, 0.05) is 6.26 Å². The highest BCUT2D eigenvalue weighted by Crippen LogP contribution is 2.32. The highest BCUT2D eigenvalue weighted by molar-refractivity contribution is 8.16. The van der Waals surface area contributed by atoms with Gasteiger partial charge in [-0.25, -0.2) is 13.3 Å². The summed E-state index contributed by atoms with van der Waals surface area (Å²) >= 11 is 0.747. The van der Waals surface area contributed by atoms with Gasteiger partial charge in [-0.15, -0.1) is 0 Å². The molecular weight excluding hydrogens is 516 g/mol. The van der Waals surface area contributed by atoms with Gasteiger partial charge in [-0.05, 0) is 55.7 Å². The fourth-order valence-corrected chi connectivity index (χ4v) is 5.57. The minimum Gasteiger partial charge on any atom is -0.490 e. The largest absolute Gasteiger partial charge is 0.490 e. The standard InChI is InChI=1S/C25H26N4O6S2/c1-5-33-20-14-17(9-10-19(20)34-11-12-35-21-15(2)7-6-8-16(21)3)13-18-22(26)29-24(27-23(18)30)36-28-25(29)37(4,31)32/h6-10,13-14,26H,5,11-12H2,1-4H3. The number of aryl methyl sites for hydroxylation is 2. The van der Waals surface area contributed by atoms with Crippen molar-refractivity contribution in [3.8, 4) is 17.2 Å². The molecule has 0 saturated carbocycles. The van der Waals surface area contributed by atoms with Crippen molar-refractivity contribution < 1.29 is 27.4 Å². The molecule has 0 aliphatic carbocycles. The molecule has 0 atom stereocenters. The fraction of sp³-hybridized carbons (Fsp3) is 0.280. The average molecular weight is 543 g/mol. The minimum absolute atomic E-state index is 0.0365. The van der Waals surface area contributed by atoms with Gasteiger partial charge in [0.25, 0.3) is 5.91 Å². The average Bonchev–Trinajstić information content (AvgIpc) is 3.27. The SMILES string of the molecule is CCOc1cc(C=C2C(=N)N3C(=NC2=O)SN=C3S(C)(=O)=O)ccc1OCCOc1c(C)cccc1C. The summed E-state index contributed by atoms with van der Waals surface area (Å²) in [5, 5.41) is 8.19. The molecule has 0 saturated heterocycles. The minimum atomic E-state index is -3.73. The molecule has 0 unspecified atom stereocenters. The first kappa shape index (κ1) is 26.4. The van der Waals surface area contributed by atoms with Gasteiger partial charge in [-0.2, -0.15) is 9.39 Å². The molecule has 0 bridgehead atoms. The number of amides is 1. The van der Waals surface area contributed by atoms with E-state index in [1.807, 2.05) is 39.0 Å². The maximum Gasteiger partial charge on any atom is 0.283 e. The maximum atomic E-state index is 12.6. The first-order chi connectivity index (χ1) is 17.6. The molecule has 2 aromatic rings. The Hall–Kier alpha value is -3.64. The molecule has 2 aromatic carbocycles. The molecule has 1 N–H and O–H groups in total. The third-order valence-electron chi connectivity index (χ3n) is 5.40. The second kappa shape index (κ2) is 10.8. The number of sulfone groups is 1. The fourth-order valence-electron chi connectivity index (χ4n) is 3.73. The number of nitrogens with zero attached hydrogens (tertiary/aromatic N) is 3. The van der Waals surface area contributed by atoms with Crippen LogP contribution in [-0.2, 0) is 14.6 Å². The molecule has 10 nitrogen and oxygen atoms in total. The van der Waals surface area contributed by atoms with Crippen molar-refractivity contribution in [2.45, 2.75) is 20.8 Å². The summed E-state index contributed by atoms with van der Waals surface area (Å²) in [7, 11) is -3.73. The zero-order valence-electron chi connectivity index (χ0n) is 20.8. The molecule has 1 amide bonds. The van der Waals surface area contributed by atoms with E-state index in [-0.39, 0.29) is 28.4 Å². The van der Waals surface area contributed by atoms with Gasteiger partial charge in [-0.1, -0.05) is 24.3 Å². The van der Waals surface area contributed by atoms with Gasteiger partial charge in [-0.3, -0.25) is 10.2 Å². The van der Waals surface area contributed by atoms with Gasteiger partial charge in [0.05, 0.1) is 24.1 Å². The number of hydrogen-bond acceptors (Lipinski definition) is 9. The van der Waals surface area contributed by atoms with E-state index >= 15 is 0 Å².